The van der Waals surface area contributed by atoms with Gasteiger partial charge in [-0.15, -0.1) is 0 Å². The number of hydrogen-bond donors (Lipinski definition) is 0. The number of benzene rings is 1. The molecule has 1 aromatic carbocycles. The van der Waals surface area contributed by atoms with E-state index in [0.29, 0.717) is 12.2 Å². The zero-order valence-electron chi connectivity index (χ0n) is 14.1. The molecule has 0 unspecified atom stereocenters. The molecule has 0 heterocycles. The van der Waals surface area contributed by atoms with E-state index in [1.807, 2.05) is 18.2 Å². The summed E-state index contributed by atoms with van der Waals surface area (Å²) in [5.74, 6) is 1.56. The predicted molar refractivity (Wildman–Crippen MR) is 97.0 cm³/mol. The first kappa shape index (κ1) is 16.2. The summed E-state index contributed by atoms with van der Waals surface area (Å²) < 4.78 is 12.0. The van der Waals surface area contributed by atoms with Crippen molar-refractivity contribution in [2.75, 3.05) is 13.7 Å². The van der Waals surface area contributed by atoms with E-state index in [9.17, 15) is 4.79 Å². The number of fused-ring (bicyclic) bond motifs is 4. The van der Waals surface area contributed by atoms with Crippen LogP contribution in [0.1, 0.15) is 49.7 Å². The van der Waals surface area contributed by atoms with Gasteiger partial charge in [0.15, 0.2) is 0 Å². The van der Waals surface area contributed by atoms with Gasteiger partial charge in [-0.25, -0.2) is 4.79 Å². The third kappa shape index (κ3) is 2.79. The molecule has 0 amide bonds. The van der Waals surface area contributed by atoms with Crippen LogP contribution in [0.2, 0.25) is 0 Å². The van der Waals surface area contributed by atoms with Crippen molar-refractivity contribution in [2.24, 2.45) is 11.3 Å². The van der Waals surface area contributed by atoms with Gasteiger partial charge in [0.05, 0.1) is 19.3 Å². The Morgan fingerprint density at radius 2 is 1.96 bits per heavy atom. The molecular formula is C20H23BrO3. The number of carbonyl (C=O) groups excluding carboxylic acids is 1. The van der Waals surface area contributed by atoms with Crippen LogP contribution in [0.5, 0.6) is 5.75 Å². The van der Waals surface area contributed by atoms with Crippen LogP contribution in [0.25, 0.3) is 5.57 Å². The Bertz CT molecular complexity index is 685. The van der Waals surface area contributed by atoms with Gasteiger partial charge in [0.1, 0.15) is 5.75 Å². The lowest BCUT2D eigenvalue weighted by Crippen LogP contribution is -2.38. The van der Waals surface area contributed by atoms with E-state index in [1.165, 1.54) is 38.5 Å². The summed E-state index contributed by atoms with van der Waals surface area (Å²) in [4.78, 5) is 12.7. The van der Waals surface area contributed by atoms with Crippen molar-refractivity contribution >= 4 is 27.5 Å². The van der Waals surface area contributed by atoms with Gasteiger partial charge in [-0.05, 0) is 68.6 Å². The molecule has 24 heavy (non-hydrogen) atoms. The highest BCUT2D eigenvalue weighted by Crippen LogP contribution is 2.50. The van der Waals surface area contributed by atoms with Crippen LogP contribution >= 0.6 is 15.9 Å². The Kier molecular flexibility index (Phi) is 4.19. The number of allylic oxidation sites excluding steroid dienone is 1. The monoisotopic (exact) mass is 390 g/mol. The number of ether oxygens (including phenoxy) is 2. The summed E-state index contributed by atoms with van der Waals surface area (Å²) in [5.41, 5.74) is 3.03. The van der Waals surface area contributed by atoms with Crippen molar-refractivity contribution in [1.29, 1.82) is 0 Å². The second-order valence-electron chi connectivity index (χ2n) is 7.52. The van der Waals surface area contributed by atoms with Crippen molar-refractivity contribution in [3.8, 4) is 5.75 Å². The number of rotatable bonds is 4. The Morgan fingerprint density at radius 1 is 1.25 bits per heavy atom. The highest BCUT2D eigenvalue weighted by molar-refractivity contribution is 9.10. The van der Waals surface area contributed by atoms with E-state index in [0.717, 1.165) is 33.7 Å². The smallest absolute Gasteiger partial charge is 0.338 e. The minimum atomic E-state index is -0.179. The third-order valence-corrected chi connectivity index (χ3v) is 6.78. The fraction of sp³-hybridized carbons (Fsp3) is 0.550. The van der Waals surface area contributed by atoms with Gasteiger partial charge in [-0.3, -0.25) is 0 Å². The average Bonchev–Trinajstić information content (AvgIpc) is 3.06. The molecule has 4 heteroatoms. The molecule has 3 nitrogen and oxygen atoms in total. The zero-order chi connectivity index (χ0) is 16.7. The third-order valence-electron chi connectivity index (χ3n) is 6.15. The second kappa shape index (κ2) is 6.21. The molecule has 128 valence electrons. The van der Waals surface area contributed by atoms with Crippen molar-refractivity contribution < 1.29 is 14.3 Å². The van der Waals surface area contributed by atoms with Gasteiger partial charge >= 0.3 is 5.97 Å². The first-order valence-electron chi connectivity index (χ1n) is 8.84. The number of hydrogen-bond acceptors (Lipinski definition) is 3. The Labute approximate surface area is 151 Å². The molecule has 5 rings (SSSR count). The fourth-order valence-electron chi connectivity index (χ4n) is 4.57. The highest BCUT2D eigenvalue weighted by Gasteiger charge is 2.41. The first-order chi connectivity index (χ1) is 11.6. The number of carbonyl (C=O) groups is 1. The molecule has 0 N–H and O–H groups in total. The maximum absolute atomic E-state index is 12.7. The van der Waals surface area contributed by atoms with E-state index >= 15 is 0 Å². The summed E-state index contributed by atoms with van der Waals surface area (Å²) in [5, 5.41) is 0. The van der Waals surface area contributed by atoms with E-state index in [2.05, 4.69) is 15.9 Å². The lowest BCUT2D eigenvalue weighted by Gasteiger charge is -2.46. The summed E-state index contributed by atoms with van der Waals surface area (Å²) in [7, 11) is 1.66. The summed E-state index contributed by atoms with van der Waals surface area (Å²) in [6, 6.07) is 3.91. The molecule has 2 bridgehead atoms. The van der Waals surface area contributed by atoms with Crippen LogP contribution in [0, 0.1) is 11.3 Å². The summed E-state index contributed by atoms with van der Waals surface area (Å²) >= 11 is 3.58. The van der Waals surface area contributed by atoms with Gasteiger partial charge < -0.3 is 9.47 Å². The molecule has 4 aliphatic carbocycles. The number of methoxy groups -OCH3 is 1. The molecule has 4 aliphatic rings. The van der Waals surface area contributed by atoms with Crippen LogP contribution in [0.15, 0.2) is 22.7 Å². The van der Waals surface area contributed by atoms with E-state index < -0.39 is 0 Å². The second-order valence-corrected chi connectivity index (χ2v) is 8.38. The van der Waals surface area contributed by atoms with Gasteiger partial charge in [-0.1, -0.05) is 22.0 Å². The summed E-state index contributed by atoms with van der Waals surface area (Å²) in [6.45, 7) is 0.582. The van der Waals surface area contributed by atoms with Crippen LogP contribution in [-0.2, 0) is 16.0 Å². The topological polar surface area (TPSA) is 35.5 Å². The zero-order valence-corrected chi connectivity index (χ0v) is 15.7. The van der Waals surface area contributed by atoms with Crippen molar-refractivity contribution in [3.63, 3.8) is 0 Å². The molecular weight excluding hydrogens is 368 g/mol. The summed E-state index contributed by atoms with van der Waals surface area (Å²) in [6.07, 6.45) is 10.3. The molecule has 0 atom stereocenters. The molecule has 1 aromatic rings. The fourth-order valence-corrected chi connectivity index (χ4v) is 5.26. The number of halogens is 1. The molecule has 0 radical (unpaired) electrons. The number of esters is 1. The van der Waals surface area contributed by atoms with Gasteiger partial charge in [0.25, 0.3) is 0 Å². The molecule has 3 saturated carbocycles. The largest absolute Gasteiger partial charge is 0.497 e. The normalized spacial score (nSPS) is 27.6. The Hall–Kier alpha value is -1.29. The van der Waals surface area contributed by atoms with Crippen molar-refractivity contribution in [2.45, 2.75) is 44.9 Å². The molecule has 0 spiro atoms. The highest BCUT2D eigenvalue weighted by atomic mass is 79.9. The van der Waals surface area contributed by atoms with Gasteiger partial charge in [0.2, 0.25) is 0 Å². The average molecular weight is 391 g/mol. The van der Waals surface area contributed by atoms with Crippen molar-refractivity contribution in [3.05, 3.63) is 33.8 Å². The minimum absolute atomic E-state index is 0.179. The van der Waals surface area contributed by atoms with Crippen molar-refractivity contribution in [1.82, 2.24) is 0 Å². The van der Waals surface area contributed by atoms with Crippen LogP contribution in [0.4, 0.5) is 0 Å². The van der Waals surface area contributed by atoms with E-state index in [4.69, 9.17) is 9.47 Å². The van der Waals surface area contributed by atoms with Gasteiger partial charge in [0, 0.05) is 15.5 Å². The van der Waals surface area contributed by atoms with E-state index in [-0.39, 0.29) is 11.4 Å². The molecule has 3 fully saturated rings. The Balaban J connectivity index is 1.47. The minimum Gasteiger partial charge on any atom is -0.497 e. The standard InChI is InChI=1S/C20H23BrO3/c1-23-15-10-14-2-3-16(18(14)17(21)11-15)19(22)24-12-20-7-4-13(5-8-20)6-9-20/h3,10-11,13H,2,4-9,12H2,1H3. The van der Waals surface area contributed by atoms with Gasteiger partial charge in [-0.2, -0.15) is 0 Å². The predicted octanol–water partition coefficient (Wildman–Crippen LogP) is 4.91. The molecule has 0 saturated heterocycles. The van der Waals surface area contributed by atoms with E-state index in [1.54, 1.807) is 7.11 Å². The molecule has 0 aliphatic heterocycles. The maximum Gasteiger partial charge on any atom is 0.338 e. The van der Waals surface area contributed by atoms with Crippen LogP contribution in [0.3, 0.4) is 0 Å². The SMILES string of the molecule is COc1cc(Br)c2c(c1)CC=C2C(=O)OCC12CCC(CC1)CC2. The quantitative estimate of drug-likeness (QED) is 0.685. The van der Waals surface area contributed by atoms with Crippen LogP contribution < -0.4 is 4.74 Å². The Morgan fingerprint density at radius 3 is 2.62 bits per heavy atom. The molecule has 0 aromatic heterocycles. The van der Waals surface area contributed by atoms with Crippen LogP contribution in [-0.4, -0.2) is 19.7 Å². The lowest BCUT2D eigenvalue weighted by atomic mass is 9.61. The maximum atomic E-state index is 12.7. The first-order valence-corrected chi connectivity index (χ1v) is 9.64. The lowest BCUT2D eigenvalue weighted by molar-refractivity contribution is -0.142.